The molecule has 2 aromatic carbocycles. The van der Waals surface area contributed by atoms with Crippen LogP contribution in [0.3, 0.4) is 0 Å². The van der Waals surface area contributed by atoms with Gasteiger partial charge in [0.25, 0.3) is 5.91 Å². The lowest BCUT2D eigenvalue weighted by Crippen LogP contribution is -2.54. The van der Waals surface area contributed by atoms with Crippen molar-refractivity contribution in [2.45, 2.75) is 57.2 Å². The minimum Gasteiger partial charge on any atom is -0.354 e. The molecule has 1 aliphatic heterocycles. The molecule has 1 saturated carbocycles. The van der Waals surface area contributed by atoms with Crippen LogP contribution >= 0.6 is 11.8 Å². The lowest BCUT2D eigenvalue weighted by atomic mass is 9.93. The number of rotatable bonds is 6. The van der Waals surface area contributed by atoms with Crippen molar-refractivity contribution in [1.82, 2.24) is 10.2 Å². The summed E-state index contributed by atoms with van der Waals surface area (Å²) in [7, 11) is 0. The first-order chi connectivity index (χ1) is 15.5. The fourth-order valence-electron chi connectivity index (χ4n) is 4.60. The zero-order chi connectivity index (χ0) is 22.5. The highest BCUT2D eigenvalue weighted by Crippen LogP contribution is 2.42. The number of carbonyl (C=O) groups excluding carboxylic acids is 2. The lowest BCUT2D eigenvalue weighted by Gasteiger charge is -2.43. The van der Waals surface area contributed by atoms with Crippen LogP contribution in [0, 0.1) is 13.8 Å². The Morgan fingerprint density at radius 1 is 1.09 bits per heavy atom. The predicted octanol–water partition coefficient (Wildman–Crippen LogP) is 4.89. The Morgan fingerprint density at radius 2 is 1.88 bits per heavy atom. The summed E-state index contributed by atoms with van der Waals surface area (Å²) in [5, 5.41) is 3.40. The third kappa shape index (κ3) is 5.63. The van der Waals surface area contributed by atoms with Crippen molar-refractivity contribution >= 4 is 29.7 Å². The van der Waals surface area contributed by atoms with E-state index in [1.54, 1.807) is 11.8 Å². The number of benzene rings is 2. The summed E-state index contributed by atoms with van der Waals surface area (Å²) in [6.07, 6.45) is 7.17. The highest BCUT2D eigenvalue weighted by atomic mass is 32.2. The number of nitrogens with zero attached hydrogens (tertiary/aromatic N) is 1. The highest BCUT2D eigenvalue weighted by molar-refractivity contribution is 8.04. The molecular weight excluding hydrogens is 416 g/mol. The summed E-state index contributed by atoms with van der Waals surface area (Å²) in [6, 6.07) is 16.7. The first-order valence-electron chi connectivity index (χ1n) is 11.6. The van der Waals surface area contributed by atoms with Crippen molar-refractivity contribution in [3.05, 3.63) is 75.7 Å². The monoisotopic (exact) mass is 448 g/mol. The van der Waals surface area contributed by atoms with Crippen LogP contribution in [0.5, 0.6) is 0 Å². The molecule has 2 aromatic rings. The summed E-state index contributed by atoms with van der Waals surface area (Å²) >= 11 is 1.71. The Balaban J connectivity index is 1.43. The molecule has 0 spiro atoms. The van der Waals surface area contributed by atoms with Gasteiger partial charge < -0.3 is 10.2 Å². The van der Waals surface area contributed by atoms with Crippen LogP contribution in [0.2, 0.25) is 0 Å². The SMILES string of the molecule is Cc1ccc(/C=C2\SC3CCCCC3N(CC(=O)NCCc3cccc(C)c3)C2=O)cc1. The summed E-state index contributed by atoms with van der Waals surface area (Å²) in [4.78, 5) is 28.7. The van der Waals surface area contributed by atoms with Gasteiger partial charge in [0, 0.05) is 17.8 Å². The Morgan fingerprint density at radius 3 is 2.66 bits per heavy atom. The van der Waals surface area contributed by atoms with E-state index < -0.39 is 0 Å². The molecular formula is C27H32N2O2S. The van der Waals surface area contributed by atoms with Crippen molar-refractivity contribution in [1.29, 1.82) is 0 Å². The molecule has 4 nitrogen and oxygen atoms in total. The quantitative estimate of drug-likeness (QED) is 0.640. The van der Waals surface area contributed by atoms with Gasteiger partial charge in [-0.1, -0.05) is 72.5 Å². The van der Waals surface area contributed by atoms with Crippen LogP contribution in [0.1, 0.15) is 47.9 Å². The third-order valence-corrected chi connectivity index (χ3v) is 7.72. The fourth-order valence-corrected chi connectivity index (χ4v) is 6.07. The van der Waals surface area contributed by atoms with E-state index in [1.807, 2.05) is 29.2 Å². The minimum atomic E-state index is -0.0723. The van der Waals surface area contributed by atoms with E-state index in [0.717, 1.165) is 36.2 Å². The van der Waals surface area contributed by atoms with Gasteiger partial charge >= 0.3 is 0 Å². The van der Waals surface area contributed by atoms with E-state index in [1.165, 1.54) is 23.1 Å². The Kier molecular flexibility index (Phi) is 7.36. The average molecular weight is 449 g/mol. The highest BCUT2D eigenvalue weighted by Gasteiger charge is 2.41. The molecule has 1 heterocycles. The van der Waals surface area contributed by atoms with Gasteiger partial charge in [0.15, 0.2) is 0 Å². The molecule has 4 rings (SSSR count). The summed E-state index contributed by atoms with van der Waals surface area (Å²) in [5.74, 6) is -0.0792. The number of hydrogen-bond donors (Lipinski definition) is 1. The topological polar surface area (TPSA) is 49.4 Å². The number of carbonyl (C=O) groups is 2. The fraction of sp³-hybridized carbons (Fsp3) is 0.407. The lowest BCUT2D eigenvalue weighted by molar-refractivity contribution is -0.135. The zero-order valence-electron chi connectivity index (χ0n) is 19.0. The van der Waals surface area contributed by atoms with Crippen LogP contribution in [-0.4, -0.2) is 41.1 Å². The maximum absolute atomic E-state index is 13.4. The van der Waals surface area contributed by atoms with Gasteiger partial charge in [0.1, 0.15) is 6.54 Å². The van der Waals surface area contributed by atoms with E-state index in [2.05, 4.69) is 49.5 Å². The molecule has 168 valence electrons. The van der Waals surface area contributed by atoms with Crippen LogP contribution in [0.4, 0.5) is 0 Å². The molecule has 2 unspecified atom stereocenters. The third-order valence-electron chi connectivity index (χ3n) is 6.33. The van der Waals surface area contributed by atoms with Crippen molar-refractivity contribution in [2.75, 3.05) is 13.1 Å². The van der Waals surface area contributed by atoms with Gasteiger partial charge in [-0.05, 0) is 50.3 Å². The van der Waals surface area contributed by atoms with E-state index in [-0.39, 0.29) is 24.4 Å². The van der Waals surface area contributed by atoms with Gasteiger partial charge in [-0.15, -0.1) is 11.8 Å². The summed E-state index contributed by atoms with van der Waals surface area (Å²) in [5.41, 5.74) is 4.67. The van der Waals surface area contributed by atoms with Gasteiger partial charge in [0.2, 0.25) is 5.91 Å². The number of thioether (sulfide) groups is 1. The molecule has 0 bridgehead atoms. The largest absolute Gasteiger partial charge is 0.354 e. The molecule has 32 heavy (non-hydrogen) atoms. The molecule has 5 heteroatoms. The van der Waals surface area contributed by atoms with Crippen molar-refractivity contribution in [2.24, 2.45) is 0 Å². The van der Waals surface area contributed by atoms with E-state index in [4.69, 9.17) is 0 Å². The second kappa shape index (κ2) is 10.4. The summed E-state index contributed by atoms with van der Waals surface area (Å²) < 4.78 is 0. The van der Waals surface area contributed by atoms with E-state index in [9.17, 15) is 9.59 Å². The van der Waals surface area contributed by atoms with Crippen LogP contribution in [-0.2, 0) is 16.0 Å². The first kappa shape index (κ1) is 22.7. The molecule has 0 aromatic heterocycles. The predicted molar refractivity (Wildman–Crippen MR) is 132 cm³/mol. The second-order valence-electron chi connectivity index (χ2n) is 8.95. The van der Waals surface area contributed by atoms with Gasteiger partial charge in [-0.3, -0.25) is 9.59 Å². The molecule has 2 aliphatic rings. The van der Waals surface area contributed by atoms with Gasteiger partial charge in [-0.25, -0.2) is 0 Å². The Labute approximate surface area is 195 Å². The van der Waals surface area contributed by atoms with Gasteiger partial charge in [0.05, 0.1) is 4.91 Å². The number of fused-ring (bicyclic) bond motifs is 1. The average Bonchev–Trinajstić information content (AvgIpc) is 2.78. The second-order valence-corrected chi connectivity index (χ2v) is 10.2. The molecule has 1 aliphatic carbocycles. The van der Waals surface area contributed by atoms with E-state index >= 15 is 0 Å². The van der Waals surface area contributed by atoms with Crippen molar-refractivity contribution in [3.63, 3.8) is 0 Å². The van der Waals surface area contributed by atoms with E-state index in [0.29, 0.717) is 11.8 Å². The number of hydrogen-bond acceptors (Lipinski definition) is 3. The van der Waals surface area contributed by atoms with Gasteiger partial charge in [-0.2, -0.15) is 0 Å². The molecule has 0 radical (unpaired) electrons. The zero-order valence-corrected chi connectivity index (χ0v) is 19.8. The Hall–Kier alpha value is -2.53. The van der Waals surface area contributed by atoms with Crippen molar-refractivity contribution < 1.29 is 9.59 Å². The normalized spacial score (nSPS) is 22.0. The molecule has 1 N–H and O–H groups in total. The summed E-state index contributed by atoms with van der Waals surface area (Å²) in [6.45, 7) is 4.85. The van der Waals surface area contributed by atoms with Crippen LogP contribution < -0.4 is 5.32 Å². The molecule has 2 atom stereocenters. The molecule has 2 fully saturated rings. The number of amides is 2. The number of nitrogens with one attached hydrogen (secondary N) is 1. The molecule has 2 amide bonds. The Bertz CT molecular complexity index is 999. The van der Waals surface area contributed by atoms with Crippen LogP contribution in [0.25, 0.3) is 6.08 Å². The molecule has 1 saturated heterocycles. The standard InChI is InChI=1S/C27H32N2O2S/c1-19-10-12-22(13-11-19)17-25-27(31)29(23-8-3-4-9-24(23)32-25)18-26(30)28-15-14-21-7-5-6-20(2)16-21/h5-7,10-13,16-17,23-24H,3-4,8-9,14-15,18H2,1-2H3,(H,28,30)/b25-17-. The maximum atomic E-state index is 13.4. The first-order valence-corrected chi connectivity index (χ1v) is 12.5. The number of aryl methyl sites for hydroxylation is 2. The van der Waals surface area contributed by atoms with Crippen LogP contribution in [0.15, 0.2) is 53.4 Å². The van der Waals surface area contributed by atoms with Crippen molar-refractivity contribution in [3.8, 4) is 0 Å². The maximum Gasteiger partial charge on any atom is 0.261 e. The minimum absolute atomic E-state index is 0.00689. The smallest absolute Gasteiger partial charge is 0.261 e.